The van der Waals surface area contributed by atoms with Crippen molar-refractivity contribution in [3.05, 3.63) is 53.4 Å². The van der Waals surface area contributed by atoms with Crippen LogP contribution in [-0.2, 0) is 9.47 Å². The topological polar surface area (TPSA) is 86.7 Å². The molecule has 4 aromatic rings. The number of carbonyl (C=O) groups is 1. The van der Waals surface area contributed by atoms with Gasteiger partial charge in [0.05, 0.1) is 11.3 Å². The van der Waals surface area contributed by atoms with Crippen molar-refractivity contribution in [1.82, 2.24) is 19.9 Å². The number of amides is 1. The number of piperidine rings is 1. The van der Waals surface area contributed by atoms with E-state index in [9.17, 15) is 4.79 Å². The minimum atomic E-state index is -2.26. The molecular weight excluding hydrogens is 735 g/mol. The summed E-state index contributed by atoms with van der Waals surface area (Å²) in [5, 5.41) is 2.07. The van der Waals surface area contributed by atoms with Crippen LogP contribution >= 0.6 is 11.8 Å². The van der Waals surface area contributed by atoms with Crippen LogP contribution in [0.25, 0.3) is 32.9 Å². The third kappa shape index (κ3) is 7.81. The molecule has 1 amide bonds. The van der Waals surface area contributed by atoms with Crippen molar-refractivity contribution >= 4 is 47.6 Å². The molecule has 0 N–H and O–H groups in total. The molecule has 6 rings (SSSR count). The molecule has 12 heteroatoms. The Labute approximate surface area is 329 Å². The second-order valence-corrected chi connectivity index (χ2v) is 23.3. The number of fused-ring (bicyclic) bond motifs is 4. The van der Waals surface area contributed by atoms with Crippen molar-refractivity contribution in [2.45, 2.75) is 133 Å². The zero-order valence-electron chi connectivity index (χ0n) is 34.0. The maximum Gasteiger partial charge on any atom is 0.410 e. The summed E-state index contributed by atoms with van der Waals surface area (Å²) in [7, 11) is -0.735. The first-order valence-corrected chi connectivity index (χ1v) is 22.8. The van der Waals surface area contributed by atoms with Crippen LogP contribution in [0, 0.1) is 23.1 Å². The monoisotopic (exact) mass is 788 g/mol. The first-order chi connectivity index (χ1) is 26.0. The van der Waals surface area contributed by atoms with E-state index in [1.54, 1.807) is 24.4 Å². The van der Waals surface area contributed by atoms with Crippen LogP contribution in [0.15, 0.2) is 35.6 Å². The van der Waals surface area contributed by atoms with Crippen molar-refractivity contribution in [3.8, 4) is 28.5 Å². The quantitative estimate of drug-likeness (QED) is 0.0545. The van der Waals surface area contributed by atoms with Crippen molar-refractivity contribution in [1.29, 1.82) is 0 Å². The highest BCUT2D eigenvalue weighted by Gasteiger charge is 2.46. The van der Waals surface area contributed by atoms with Gasteiger partial charge in [0.2, 0.25) is 0 Å². The van der Waals surface area contributed by atoms with Crippen LogP contribution in [0.4, 0.5) is 13.6 Å². The first-order valence-electron chi connectivity index (χ1n) is 19.3. The number of nitrogens with zero attached hydrogens (tertiary/aromatic N) is 4. The zero-order chi connectivity index (χ0) is 40.0. The smallest absolute Gasteiger partial charge is 0.410 e. The summed E-state index contributed by atoms with van der Waals surface area (Å²) in [4.78, 5) is 29.5. The molecule has 2 aliphatic rings. The van der Waals surface area contributed by atoms with E-state index >= 15 is 8.78 Å². The normalized spacial score (nSPS) is 18.8. The Balaban J connectivity index is 1.52. The van der Waals surface area contributed by atoms with Gasteiger partial charge in [-0.15, -0.1) is 5.54 Å². The number of methoxy groups -OCH3 is 1. The summed E-state index contributed by atoms with van der Waals surface area (Å²) in [5.41, 5.74) is 5.56. The van der Waals surface area contributed by atoms with Crippen LogP contribution < -0.4 is 4.74 Å². The summed E-state index contributed by atoms with van der Waals surface area (Å²) in [6, 6.07) is 6.55. The Kier molecular flexibility index (Phi) is 11.9. The number of ether oxygens (including phenoxy) is 3. The Bertz CT molecular complexity index is 2130. The second-order valence-electron chi connectivity index (χ2n) is 16.9. The molecule has 294 valence electrons. The Morgan fingerprint density at radius 1 is 1.02 bits per heavy atom. The fourth-order valence-corrected chi connectivity index (χ4v) is 14.8. The molecule has 1 unspecified atom stereocenters. The van der Waals surface area contributed by atoms with Gasteiger partial charge in [0.25, 0.3) is 0 Å². The summed E-state index contributed by atoms with van der Waals surface area (Å²) < 4.78 is 50.3. The standard InChI is InChI=1S/C43H54F2N4O4SSi/c1-24(2)55(25(3)4,26(5)6)17-16-32-35(44)15-12-27-20-31(52-23-51-10)21-33(36(27)32)39-37(45)40-34(22-46-39)38(47-41(48-40)54-11)28-18-29-13-14-30(19-28)49(29)42(50)53-43(7,8)9/h12,15,20-22,24-26,28-30H,13-14,18-19,23H2,1-11H3/t28?,29-,30+. The molecule has 4 heterocycles. The minimum absolute atomic E-state index is 0.00191. The molecule has 2 fully saturated rings. The van der Waals surface area contributed by atoms with E-state index in [2.05, 4.69) is 53.0 Å². The van der Waals surface area contributed by atoms with Gasteiger partial charge in [-0.2, -0.15) is 0 Å². The SMILES string of the molecule is COCOc1cc(-c2ncc3c(C4C[C@H]5CC[C@@H](C4)N5C(=O)OC(C)(C)C)nc(SC)nc3c2F)c2c(C#C[Si](C(C)C)(C(C)C)C(C)C)c(F)ccc2c1. The van der Waals surface area contributed by atoms with E-state index in [-0.39, 0.29) is 47.7 Å². The van der Waals surface area contributed by atoms with Crippen molar-refractivity contribution in [3.63, 3.8) is 0 Å². The fourth-order valence-electron chi connectivity index (χ4n) is 9.20. The average molecular weight is 789 g/mol. The molecule has 3 atom stereocenters. The number of rotatable bonds is 9. The van der Waals surface area contributed by atoms with Gasteiger partial charge in [0.15, 0.2) is 17.8 Å². The van der Waals surface area contributed by atoms with Gasteiger partial charge in [-0.25, -0.2) is 23.5 Å². The van der Waals surface area contributed by atoms with Crippen LogP contribution in [0.5, 0.6) is 5.75 Å². The number of aromatic nitrogens is 3. The van der Waals surface area contributed by atoms with Crippen LogP contribution in [0.2, 0.25) is 16.6 Å². The van der Waals surface area contributed by atoms with Gasteiger partial charge >= 0.3 is 6.09 Å². The largest absolute Gasteiger partial charge is 0.468 e. The van der Waals surface area contributed by atoms with Crippen LogP contribution in [-0.4, -0.2) is 71.9 Å². The molecule has 2 saturated heterocycles. The molecule has 0 saturated carbocycles. The molecular formula is C43H54F2N4O4SSi. The van der Waals surface area contributed by atoms with E-state index in [1.807, 2.05) is 31.9 Å². The molecule has 2 aliphatic heterocycles. The van der Waals surface area contributed by atoms with E-state index < -0.39 is 25.3 Å². The molecule has 2 aromatic heterocycles. The summed E-state index contributed by atoms with van der Waals surface area (Å²) in [5.74, 6) is 2.62. The number of thioether (sulfide) groups is 1. The summed E-state index contributed by atoms with van der Waals surface area (Å²) in [6.07, 6.45) is 6.33. The second kappa shape index (κ2) is 16.0. The number of benzene rings is 2. The highest BCUT2D eigenvalue weighted by atomic mass is 32.2. The molecule has 2 bridgehead atoms. The number of halogens is 2. The average Bonchev–Trinajstić information content (AvgIpc) is 3.39. The third-order valence-electron chi connectivity index (χ3n) is 11.5. The van der Waals surface area contributed by atoms with Crippen LogP contribution in [0.1, 0.15) is 105 Å². The first kappa shape index (κ1) is 40.9. The van der Waals surface area contributed by atoms with E-state index in [4.69, 9.17) is 29.2 Å². The number of hydrogen-bond donors (Lipinski definition) is 0. The predicted octanol–water partition coefficient (Wildman–Crippen LogP) is 11.0. The highest BCUT2D eigenvalue weighted by molar-refractivity contribution is 7.98. The minimum Gasteiger partial charge on any atom is -0.468 e. The van der Waals surface area contributed by atoms with Gasteiger partial charge in [0.1, 0.15) is 36.5 Å². The lowest BCUT2D eigenvalue weighted by Gasteiger charge is -2.39. The van der Waals surface area contributed by atoms with E-state index in [0.29, 0.717) is 62.1 Å². The molecule has 0 aliphatic carbocycles. The number of hydrogen-bond acceptors (Lipinski definition) is 8. The molecule has 0 spiro atoms. The Hall–Kier alpha value is -3.79. The van der Waals surface area contributed by atoms with Crippen molar-refractivity contribution in [2.24, 2.45) is 0 Å². The van der Waals surface area contributed by atoms with Gasteiger partial charge in [-0.3, -0.25) is 4.98 Å². The lowest BCUT2D eigenvalue weighted by molar-refractivity contribution is 0.00572. The molecule has 55 heavy (non-hydrogen) atoms. The summed E-state index contributed by atoms with van der Waals surface area (Å²) in [6.45, 7) is 18.9. The lowest BCUT2D eigenvalue weighted by atomic mass is 9.86. The maximum atomic E-state index is 17.3. The maximum absolute atomic E-state index is 17.3. The summed E-state index contributed by atoms with van der Waals surface area (Å²) >= 11 is 1.34. The van der Waals surface area contributed by atoms with Gasteiger partial charge < -0.3 is 19.1 Å². The van der Waals surface area contributed by atoms with E-state index in [1.165, 1.54) is 24.9 Å². The van der Waals surface area contributed by atoms with Gasteiger partial charge in [-0.1, -0.05) is 65.3 Å². The molecule has 2 aromatic carbocycles. The lowest BCUT2D eigenvalue weighted by Crippen LogP contribution is -2.48. The predicted molar refractivity (Wildman–Crippen MR) is 219 cm³/mol. The third-order valence-corrected chi connectivity index (χ3v) is 18.3. The number of carbonyl (C=O) groups excluding carboxylic acids is 1. The van der Waals surface area contributed by atoms with Crippen molar-refractivity contribution in [2.75, 3.05) is 20.2 Å². The zero-order valence-corrected chi connectivity index (χ0v) is 35.8. The van der Waals surface area contributed by atoms with Crippen LogP contribution in [0.3, 0.4) is 0 Å². The molecule has 0 radical (unpaired) electrons. The van der Waals surface area contributed by atoms with E-state index in [0.717, 1.165) is 18.5 Å². The fraction of sp³-hybridized carbons (Fsp3) is 0.535. The number of pyridine rings is 1. The van der Waals surface area contributed by atoms with Gasteiger partial charge in [0, 0.05) is 47.6 Å². The molecule has 8 nitrogen and oxygen atoms in total. The Morgan fingerprint density at radius 2 is 1.67 bits per heavy atom. The highest BCUT2D eigenvalue weighted by Crippen LogP contribution is 2.46. The Morgan fingerprint density at radius 3 is 2.25 bits per heavy atom. The van der Waals surface area contributed by atoms with Crippen molar-refractivity contribution < 1.29 is 27.8 Å². The van der Waals surface area contributed by atoms with Gasteiger partial charge in [-0.05, 0) is 92.9 Å².